The summed E-state index contributed by atoms with van der Waals surface area (Å²) in [5.74, 6) is 0.258. The molecule has 2 aromatic carbocycles. The smallest absolute Gasteiger partial charge is 0.262 e. The Morgan fingerprint density at radius 1 is 1.00 bits per heavy atom. The molecule has 0 unspecified atom stereocenters. The van der Waals surface area contributed by atoms with Crippen LogP contribution < -0.4 is 16.2 Å². The van der Waals surface area contributed by atoms with Gasteiger partial charge in [-0.1, -0.05) is 18.2 Å². The molecule has 0 aliphatic heterocycles. The molecule has 4 aromatic rings. The number of aromatic nitrogens is 2. The van der Waals surface area contributed by atoms with Crippen molar-refractivity contribution in [2.45, 2.75) is 20.4 Å². The topological polar surface area (TPSA) is 76.0 Å². The first-order chi connectivity index (χ1) is 14.0. The Kier molecular flexibility index (Phi) is 5.14. The Hall–Kier alpha value is -3.45. The quantitative estimate of drug-likeness (QED) is 0.515. The van der Waals surface area contributed by atoms with E-state index in [1.54, 1.807) is 6.92 Å². The maximum absolute atomic E-state index is 12.7. The molecule has 0 fully saturated rings. The third-order valence-corrected chi connectivity index (χ3v) is 5.44. The van der Waals surface area contributed by atoms with Gasteiger partial charge in [-0.25, -0.2) is 4.98 Å². The number of rotatable bonds is 5. The van der Waals surface area contributed by atoms with Crippen LogP contribution >= 0.6 is 11.3 Å². The van der Waals surface area contributed by atoms with Crippen LogP contribution in [0, 0.1) is 13.8 Å². The lowest BCUT2D eigenvalue weighted by Crippen LogP contribution is -2.29. The molecule has 0 aliphatic carbocycles. The third kappa shape index (κ3) is 4.20. The van der Waals surface area contributed by atoms with Gasteiger partial charge in [0.2, 0.25) is 5.91 Å². The van der Waals surface area contributed by atoms with E-state index in [0.29, 0.717) is 21.7 Å². The molecule has 0 aliphatic rings. The van der Waals surface area contributed by atoms with Crippen LogP contribution in [0.25, 0.3) is 10.2 Å². The molecular formula is C22H20N4O2S. The minimum atomic E-state index is -0.271. The molecular weight excluding hydrogens is 384 g/mol. The SMILES string of the molecule is Cc1cc2c(=O)n(CC(=O)Nc3ccc(Nc4ccccc4)cc3)c(C)nc2s1. The van der Waals surface area contributed by atoms with Gasteiger partial charge in [0.05, 0.1) is 5.39 Å². The van der Waals surface area contributed by atoms with Crippen molar-refractivity contribution in [1.82, 2.24) is 9.55 Å². The average molecular weight is 404 g/mol. The molecule has 0 spiro atoms. The third-order valence-electron chi connectivity index (χ3n) is 4.50. The molecule has 0 saturated heterocycles. The molecule has 0 radical (unpaired) electrons. The van der Waals surface area contributed by atoms with E-state index in [1.807, 2.05) is 67.6 Å². The number of aryl methyl sites for hydroxylation is 2. The van der Waals surface area contributed by atoms with Crippen LogP contribution in [-0.4, -0.2) is 15.5 Å². The van der Waals surface area contributed by atoms with Gasteiger partial charge in [0.25, 0.3) is 5.56 Å². The van der Waals surface area contributed by atoms with Crippen LogP contribution in [0.5, 0.6) is 0 Å². The number of hydrogen-bond acceptors (Lipinski definition) is 5. The number of benzene rings is 2. The van der Waals surface area contributed by atoms with Crippen molar-refractivity contribution in [2.24, 2.45) is 0 Å². The highest BCUT2D eigenvalue weighted by molar-refractivity contribution is 7.18. The molecule has 0 bridgehead atoms. The Balaban J connectivity index is 1.46. The molecule has 0 atom stereocenters. The number of carbonyl (C=O) groups excluding carboxylic acids is 1. The molecule has 2 heterocycles. The second-order valence-corrected chi connectivity index (χ2v) is 7.98. The van der Waals surface area contributed by atoms with Crippen molar-refractivity contribution in [3.63, 3.8) is 0 Å². The standard InChI is InChI=1S/C22H20N4O2S/c1-14-12-19-21(29-14)23-15(2)26(22(19)28)13-20(27)25-18-10-8-17(9-11-18)24-16-6-4-3-5-7-16/h3-12,24H,13H2,1-2H3,(H,25,27). The summed E-state index contributed by atoms with van der Waals surface area (Å²) >= 11 is 1.48. The Labute approximate surface area is 171 Å². The number of anilines is 3. The highest BCUT2D eigenvalue weighted by Gasteiger charge is 2.13. The van der Waals surface area contributed by atoms with Crippen molar-refractivity contribution in [1.29, 1.82) is 0 Å². The minimum Gasteiger partial charge on any atom is -0.356 e. The van der Waals surface area contributed by atoms with E-state index in [2.05, 4.69) is 15.6 Å². The number of carbonyl (C=O) groups is 1. The van der Waals surface area contributed by atoms with Crippen LogP contribution in [0.15, 0.2) is 65.5 Å². The first-order valence-electron chi connectivity index (χ1n) is 9.19. The first kappa shape index (κ1) is 18.9. The van der Waals surface area contributed by atoms with Gasteiger partial charge in [0.1, 0.15) is 17.2 Å². The van der Waals surface area contributed by atoms with Crippen molar-refractivity contribution in [3.8, 4) is 0 Å². The molecule has 29 heavy (non-hydrogen) atoms. The molecule has 4 rings (SSSR count). The second kappa shape index (κ2) is 7.89. The van der Waals surface area contributed by atoms with E-state index in [0.717, 1.165) is 16.3 Å². The van der Waals surface area contributed by atoms with E-state index >= 15 is 0 Å². The molecule has 2 N–H and O–H groups in total. The van der Waals surface area contributed by atoms with Gasteiger partial charge in [-0.3, -0.25) is 14.2 Å². The number of fused-ring (bicyclic) bond motifs is 1. The van der Waals surface area contributed by atoms with E-state index in [1.165, 1.54) is 15.9 Å². The number of nitrogens with one attached hydrogen (secondary N) is 2. The average Bonchev–Trinajstić information content (AvgIpc) is 3.08. The zero-order valence-electron chi connectivity index (χ0n) is 16.1. The monoisotopic (exact) mass is 404 g/mol. The fourth-order valence-electron chi connectivity index (χ4n) is 3.09. The van der Waals surface area contributed by atoms with Gasteiger partial charge in [-0.15, -0.1) is 11.3 Å². The van der Waals surface area contributed by atoms with Gasteiger partial charge < -0.3 is 10.6 Å². The predicted molar refractivity (Wildman–Crippen MR) is 118 cm³/mol. The summed E-state index contributed by atoms with van der Waals surface area (Å²) in [5.41, 5.74) is 2.39. The lowest BCUT2D eigenvalue weighted by molar-refractivity contribution is -0.116. The van der Waals surface area contributed by atoms with E-state index in [9.17, 15) is 9.59 Å². The summed E-state index contributed by atoms with van der Waals surface area (Å²) in [5, 5.41) is 6.69. The van der Waals surface area contributed by atoms with E-state index in [-0.39, 0.29) is 18.0 Å². The summed E-state index contributed by atoms with van der Waals surface area (Å²) in [6.45, 7) is 3.61. The summed E-state index contributed by atoms with van der Waals surface area (Å²) < 4.78 is 1.41. The number of nitrogens with zero attached hydrogens (tertiary/aromatic N) is 2. The molecule has 1 amide bonds. The van der Waals surface area contributed by atoms with Crippen molar-refractivity contribution >= 4 is 44.5 Å². The fourth-order valence-corrected chi connectivity index (χ4v) is 4.01. The van der Waals surface area contributed by atoms with Gasteiger partial charge >= 0.3 is 0 Å². The highest BCUT2D eigenvalue weighted by atomic mass is 32.1. The summed E-state index contributed by atoms with van der Waals surface area (Å²) in [4.78, 5) is 31.4. The number of amides is 1. The summed E-state index contributed by atoms with van der Waals surface area (Å²) in [6, 6.07) is 19.1. The lowest BCUT2D eigenvalue weighted by Gasteiger charge is -2.11. The first-order valence-corrected chi connectivity index (χ1v) is 10.0. The highest BCUT2D eigenvalue weighted by Crippen LogP contribution is 2.21. The lowest BCUT2D eigenvalue weighted by atomic mass is 10.2. The van der Waals surface area contributed by atoms with Crippen LogP contribution in [0.1, 0.15) is 10.7 Å². The molecule has 6 nitrogen and oxygen atoms in total. The fraction of sp³-hybridized carbons (Fsp3) is 0.136. The summed E-state index contributed by atoms with van der Waals surface area (Å²) in [6.07, 6.45) is 0. The largest absolute Gasteiger partial charge is 0.356 e. The Morgan fingerprint density at radius 2 is 1.66 bits per heavy atom. The molecule has 7 heteroatoms. The van der Waals surface area contributed by atoms with Crippen LogP contribution in [0.4, 0.5) is 17.1 Å². The maximum atomic E-state index is 12.7. The van der Waals surface area contributed by atoms with Gasteiger partial charge in [-0.05, 0) is 56.3 Å². The van der Waals surface area contributed by atoms with Gasteiger partial charge in [0.15, 0.2) is 0 Å². The van der Waals surface area contributed by atoms with Crippen LogP contribution in [0.2, 0.25) is 0 Å². The number of para-hydroxylation sites is 1. The number of hydrogen-bond donors (Lipinski definition) is 2. The van der Waals surface area contributed by atoms with Gasteiger partial charge in [-0.2, -0.15) is 0 Å². The Bertz CT molecular complexity index is 1230. The Morgan fingerprint density at radius 3 is 2.38 bits per heavy atom. The maximum Gasteiger partial charge on any atom is 0.262 e. The van der Waals surface area contributed by atoms with Gasteiger partial charge in [0, 0.05) is 21.9 Å². The van der Waals surface area contributed by atoms with E-state index in [4.69, 9.17) is 0 Å². The number of thiophene rings is 1. The summed E-state index contributed by atoms with van der Waals surface area (Å²) in [7, 11) is 0. The van der Waals surface area contributed by atoms with Crippen LogP contribution in [-0.2, 0) is 11.3 Å². The zero-order chi connectivity index (χ0) is 20.4. The second-order valence-electron chi connectivity index (χ2n) is 6.74. The zero-order valence-corrected chi connectivity index (χ0v) is 16.9. The van der Waals surface area contributed by atoms with Crippen LogP contribution in [0.3, 0.4) is 0 Å². The van der Waals surface area contributed by atoms with Crippen molar-refractivity contribution in [3.05, 3.63) is 81.7 Å². The minimum absolute atomic E-state index is 0.0769. The van der Waals surface area contributed by atoms with Crippen molar-refractivity contribution < 1.29 is 4.79 Å². The van der Waals surface area contributed by atoms with Crippen molar-refractivity contribution in [2.75, 3.05) is 10.6 Å². The molecule has 0 saturated carbocycles. The molecule has 146 valence electrons. The predicted octanol–water partition coefficient (Wildman–Crippen LogP) is 4.46. The molecule has 2 aromatic heterocycles. The van der Waals surface area contributed by atoms with E-state index < -0.39 is 0 Å². The normalized spacial score (nSPS) is 10.8.